The lowest BCUT2D eigenvalue weighted by Crippen LogP contribution is -2.39. The molecular weight excluding hydrogens is 326 g/mol. The molecule has 2 aromatic rings. The van der Waals surface area contributed by atoms with Crippen LogP contribution in [0.5, 0.6) is 0 Å². The molecule has 1 unspecified atom stereocenters. The summed E-state index contributed by atoms with van der Waals surface area (Å²) in [6, 6.07) is 14.1. The summed E-state index contributed by atoms with van der Waals surface area (Å²) >= 11 is 5.85. The molecule has 5 heteroatoms. The lowest BCUT2D eigenvalue weighted by molar-refractivity contribution is -0.565. The largest absolute Gasteiger partial charge is 0.294 e. The van der Waals surface area contributed by atoms with Crippen LogP contribution < -0.4 is 0 Å². The van der Waals surface area contributed by atoms with Crippen molar-refractivity contribution in [3.05, 3.63) is 80.4 Å². The average molecular weight is 346 g/mol. The number of Topliss-reactive ketones (excluding diaryl/α,β-unsaturated/α-hetero) is 1. The van der Waals surface area contributed by atoms with E-state index in [1.165, 1.54) is 0 Å². The summed E-state index contributed by atoms with van der Waals surface area (Å²) in [5, 5.41) is 12.1. The molecule has 0 saturated carbocycles. The number of hydrogen-bond donors (Lipinski definition) is 0. The molecule has 0 bridgehead atoms. The van der Waals surface area contributed by atoms with E-state index >= 15 is 0 Å². The Labute approximate surface area is 146 Å². The molecule has 2 aromatic carbocycles. The molecule has 0 aromatic heterocycles. The summed E-state index contributed by atoms with van der Waals surface area (Å²) in [7, 11) is 0. The van der Waals surface area contributed by atoms with Crippen LogP contribution in [-0.2, 0) is 0 Å². The van der Waals surface area contributed by atoms with Crippen LogP contribution in [0, 0.1) is 17.0 Å². The number of nitrogens with zero attached hydrogens (tertiary/aromatic N) is 1. The fourth-order valence-electron chi connectivity index (χ4n) is 2.64. The van der Waals surface area contributed by atoms with Crippen molar-refractivity contribution in [1.29, 1.82) is 0 Å². The molecule has 0 heterocycles. The zero-order valence-corrected chi connectivity index (χ0v) is 14.7. The van der Waals surface area contributed by atoms with E-state index in [1.54, 1.807) is 38.1 Å². The number of nitro groups is 1. The second-order valence-electron chi connectivity index (χ2n) is 6.51. The standard InChI is InChI=1S/C19H20ClNO3/c1-13-4-6-14(7-5-13)17(19(2,3)21(23)24)12-18(22)15-8-10-16(20)11-9-15/h4-11,17H,12H2,1-3H3. The maximum Gasteiger partial charge on any atom is 0.223 e. The van der Waals surface area contributed by atoms with Gasteiger partial charge in [-0.2, -0.15) is 0 Å². The quantitative estimate of drug-likeness (QED) is 0.417. The molecule has 0 aliphatic rings. The van der Waals surface area contributed by atoms with Gasteiger partial charge in [0, 0.05) is 35.8 Å². The van der Waals surface area contributed by atoms with Crippen molar-refractivity contribution in [3.8, 4) is 0 Å². The Kier molecular flexibility index (Phi) is 5.40. The van der Waals surface area contributed by atoms with E-state index in [0.29, 0.717) is 10.6 Å². The topological polar surface area (TPSA) is 60.2 Å². The molecule has 0 saturated heterocycles. The number of carbonyl (C=O) groups excluding carboxylic acids is 1. The average Bonchev–Trinajstić information content (AvgIpc) is 2.53. The Hall–Kier alpha value is -2.20. The number of aryl methyl sites for hydroxylation is 1. The maximum atomic E-state index is 12.6. The van der Waals surface area contributed by atoms with Crippen molar-refractivity contribution in [2.24, 2.45) is 0 Å². The first-order valence-electron chi connectivity index (χ1n) is 7.71. The first-order chi connectivity index (χ1) is 11.2. The van der Waals surface area contributed by atoms with E-state index in [1.807, 2.05) is 31.2 Å². The van der Waals surface area contributed by atoms with Gasteiger partial charge in [0.05, 0.1) is 5.92 Å². The van der Waals surface area contributed by atoms with Gasteiger partial charge in [0.15, 0.2) is 5.78 Å². The fourth-order valence-corrected chi connectivity index (χ4v) is 2.77. The van der Waals surface area contributed by atoms with E-state index in [-0.39, 0.29) is 17.1 Å². The highest BCUT2D eigenvalue weighted by molar-refractivity contribution is 6.30. The summed E-state index contributed by atoms with van der Waals surface area (Å²) in [6.07, 6.45) is 0.0681. The molecule has 0 spiro atoms. The molecule has 4 nitrogen and oxygen atoms in total. The third kappa shape index (κ3) is 4.01. The Morgan fingerprint density at radius 1 is 1.12 bits per heavy atom. The van der Waals surface area contributed by atoms with Gasteiger partial charge in [0.2, 0.25) is 5.54 Å². The van der Waals surface area contributed by atoms with Crippen LogP contribution in [0.1, 0.15) is 47.7 Å². The van der Waals surface area contributed by atoms with E-state index in [9.17, 15) is 14.9 Å². The number of rotatable bonds is 6. The Morgan fingerprint density at radius 3 is 2.17 bits per heavy atom. The molecule has 0 N–H and O–H groups in total. The van der Waals surface area contributed by atoms with E-state index in [4.69, 9.17) is 11.6 Å². The van der Waals surface area contributed by atoms with Crippen LogP contribution in [-0.4, -0.2) is 16.2 Å². The normalized spacial score (nSPS) is 12.7. The van der Waals surface area contributed by atoms with Crippen LogP contribution in [0.15, 0.2) is 48.5 Å². The molecule has 0 aliphatic heterocycles. The molecule has 0 amide bonds. The Balaban J connectivity index is 2.35. The smallest absolute Gasteiger partial charge is 0.223 e. The summed E-state index contributed by atoms with van der Waals surface area (Å²) in [5.74, 6) is -0.650. The zero-order valence-electron chi connectivity index (χ0n) is 14.0. The number of carbonyl (C=O) groups is 1. The number of benzene rings is 2. The van der Waals surface area contributed by atoms with Gasteiger partial charge in [-0.1, -0.05) is 41.4 Å². The summed E-state index contributed by atoms with van der Waals surface area (Å²) < 4.78 is 0. The fraction of sp³-hybridized carbons (Fsp3) is 0.316. The predicted molar refractivity (Wildman–Crippen MR) is 95.4 cm³/mol. The number of halogens is 1. The molecule has 126 valence electrons. The summed E-state index contributed by atoms with van der Waals surface area (Å²) in [6.45, 7) is 5.08. The molecule has 2 rings (SSSR count). The van der Waals surface area contributed by atoms with Crippen molar-refractivity contribution in [1.82, 2.24) is 0 Å². The second-order valence-corrected chi connectivity index (χ2v) is 6.94. The van der Waals surface area contributed by atoms with Gasteiger partial charge in [0.1, 0.15) is 0 Å². The minimum atomic E-state index is -1.25. The lowest BCUT2D eigenvalue weighted by Gasteiger charge is -2.27. The van der Waals surface area contributed by atoms with Crippen molar-refractivity contribution in [3.63, 3.8) is 0 Å². The summed E-state index contributed by atoms with van der Waals surface area (Å²) in [4.78, 5) is 23.8. The Bertz CT molecular complexity index is 736. The summed E-state index contributed by atoms with van der Waals surface area (Å²) in [5.41, 5.74) is 1.12. The highest BCUT2D eigenvalue weighted by Gasteiger charge is 2.42. The van der Waals surface area contributed by atoms with Crippen molar-refractivity contribution in [2.45, 2.75) is 38.6 Å². The van der Waals surface area contributed by atoms with E-state index < -0.39 is 11.5 Å². The van der Waals surface area contributed by atoms with Crippen LogP contribution in [0.3, 0.4) is 0 Å². The highest BCUT2D eigenvalue weighted by Crippen LogP contribution is 2.35. The van der Waals surface area contributed by atoms with Crippen LogP contribution in [0.4, 0.5) is 0 Å². The third-order valence-corrected chi connectivity index (χ3v) is 4.61. The molecule has 1 atom stereocenters. The van der Waals surface area contributed by atoms with Crippen molar-refractivity contribution >= 4 is 17.4 Å². The lowest BCUT2D eigenvalue weighted by atomic mass is 9.78. The van der Waals surface area contributed by atoms with Gasteiger partial charge in [-0.25, -0.2) is 0 Å². The van der Waals surface area contributed by atoms with Crippen molar-refractivity contribution in [2.75, 3.05) is 0 Å². The van der Waals surface area contributed by atoms with Gasteiger partial charge in [-0.15, -0.1) is 0 Å². The minimum Gasteiger partial charge on any atom is -0.294 e. The Morgan fingerprint density at radius 2 is 1.67 bits per heavy atom. The monoisotopic (exact) mass is 345 g/mol. The second kappa shape index (κ2) is 7.14. The minimum absolute atomic E-state index is 0.0681. The van der Waals surface area contributed by atoms with Crippen LogP contribution >= 0.6 is 11.6 Å². The molecule has 0 radical (unpaired) electrons. The van der Waals surface area contributed by atoms with Gasteiger partial charge in [-0.3, -0.25) is 14.9 Å². The van der Waals surface area contributed by atoms with E-state index in [2.05, 4.69) is 0 Å². The van der Waals surface area contributed by atoms with Crippen molar-refractivity contribution < 1.29 is 9.72 Å². The van der Waals surface area contributed by atoms with Crippen LogP contribution in [0.25, 0.3) is 0 Å². The van der Waals surface area contributed by atoms with Gasteiger partial charge in [0.25, 0.3) is 0 Å². The van der Waals surface area contributed by atoms with Gasteiger partial charge >= 0.3 is 0 Å². The number of ketones is 1. The maximum absolute atomic E-state index is 12.6. The molecule has 0 aliphatic carbocycles. The number of hydrogen-bond acceptors (Lipinski definition) is 3. The van der Waals surface area contributed by atoms with Gasteiger partial charge in [-0.05, 0) is 36.8 Å². The van der Waals surface area contributed by atoms with E-state index in [0.717, 1.165) is 11.1 Å². The predicted octanol–water partition coefficient (Wildman–Crippen LogP) is 5.06. The third-order valence-electron chi connectivity index (χ3n) is 4.36. The first kappa shape index (κ1) is 18.1. The first-order valence-corrected chi connectivity index (χ1v) is 8.09. The molecule has 0 fully saturated rings. The van der Waals surface area contributed by atoms with Crippen LogP contribution in [0.2, 0.25) is 5.02 Å². The molecular formula is C19H20ClNO3. The molecule has 24 heavy (non-hydrogen) atoms. The zero-order chi connectivity index (χ0) is 17.9. The SMILES string of the molecule is Cc1ccc(C(CC(=O)c2ccc(Cl)cc2)C(C)(C)[N+](=O)[O-])cc1. The highest BCUT2D eigenvalue weighted by atomic mass is 35.5. The van der Waals surface area contributed by atoms with Gasteiger partial charge < -0.3 is 0 Å².